The molecule has 0 amide bonds. The first-order chi connectivity index (χ1) is 10.1. The zero-order valence-electron chi connectivity index (χ0n) is 13.8. The Morgan fingerprint density at radius 2 is 1.95 bits per heavy atom. The number of benzene rings is 1. The van der Waals surface area contributed by atoms with E-state index in [0.717, 1.165) is 38.8 Å². The highest BCUT2D eigenvalue weighted by molar-refractivity contribution is 5.27. The van der Waals surface area contributed by atoms with Gasteiger partial charge in [0, 0.05) is 32.3 Å². The standard InChI is InChI=1S/C18H30N2O/c1-15(2)19-12-17-6-4-5-7-18(17)13-20(3)10-11-21-14-16-8-9-16/h4-7,15-16,19H,8-14H2,1-3H3. The van der Waals surface area contributed by atoms with Gasteiger partial charge >= 0.3 is 0 Å². The summed E-state index contributed by atoms with van der Waals surface area (Å²) in [5, 5.41) is 3.50. The maximum absolute atomic E-state index is 5.72. The molecule has 0 atom stereocenters. The van der Waals surface area contributed by atoms with Crippen LogP contribution in [0.4, 0.5) is 0 Å². The molecular weight excluding hydrogens is 260 g/mol. The molecule has 1 aromatic carbocycles. The lowest BCUT2D eigenvalue weighted by molar-refractivity contribution is 0.102. The minimum absolute atomic E-state index is 0.520. The van der Waals surface area contributed by atoms with Crippen LogP contribution in [0.25, 0.3) is 0 Å². The number of hydrogen-bond acceptors (Lipinski definition) is 3. The third kappa shape index (κ3) is 6.60. The Balaban J connectivity index is 1.74. The Bertz CT molecular complexity index is 415. The lowest BCUT2D eigenvalue weighted by Gasteiger charge is -2.19. The van der Waals surface area contributed by atoms with E-state index in [4.69, 9.17) is 4.74 Å². The van der Waals surface area contributed by atoms with Crippen LogP contribution in [0.15, 0.2) is 24.3 Å². The van der Waals surface area contributed by atoms with Crippen molar-refractivity contribution in [3.05, 3.63) is 35.4 Å². The van der Waals surface area contributed by atoms with E-state index in [-0.39, 0.29) is 0 Å². The van der Waals surface area contributed by atoms with Crippen LogP contribution in [0.3, 0.4) is 0 Å². The summed E-state index contributed by atoms with van der Waals surface area (Å²) in [6.45, 7) is 9.11. The van der Waals surface area contributed by atoms with Crippen molar-refractivity contribution < 1.29 is 4.74 Å². The van der Waals surface area contributed by atoms with Gasteiger partial charge in [-0.1, -0.05) is 38.1 Å². The van der Waals surface area contributed by atoms with Crippen molar-refractivity contribution in [3.8, 4) is 0 Å². The smallest absolute Gasteiger partial charge is 0.0593 e. The first-order valence-corrected chi connectivity index (χ1v) is 8.21. The number of ether oxygens (including phenoxy) is 1. The van der Waals surface area contributed by atoms with Crippen molar-refractivity contribution in [2.45, 2.75) is 45.8 Å². The average molecular weight is 290 g/mol. The molecule has 118 valence electrons. The highest BCUT2D eigenvalue weighted by atomic mass is 16.5. The second-order valence-corrected chi connectivity index (χ2v) is 6.56. The molecule has 0 radical (unpaired) electrons. The van der Waals surface area contributed by atoms with Crippen molar-refractivity contribution in [2.24, 2.45) is 5.92 Å². The summed E-state index contributed by atoms with van der Waals surface area (Å²) < 4.78 is 5.72. The summed E-state index contributed by atoms with van der Waals surface area (Å²) in [6, 6.07) is 9.23. The van der Waals surface area contributed by atoms with Gasteiger partial charge in [0.05, 0.1) is 6.61 Å². The van der Waals surface area contributed by atoms with Gasteiger partial charge in [-0.15, -0.1) is 0 Å². The Morgan fingerprint density at radius 3 is 2.62 bits per heavy atom. The molecule has 0 aromatic heterocycles. The van der Waals surface area contributed by atoms with Gasteiger partial charge in [0.15, 0.2) is 0 Å². The molecule has 1 aromatic rings. The highest BCUT2D eigenvalue weighted by Crippen LogP contribution is 2.28. The van der Waals surface area contributed by atoms with E-state index in [9.17, 15) is 0 Å². The zero-order chi connectivity index (χ0) is 15.1. The number of likely N-dealkylation sites (N-methyl/N-ethyl adjacent to an activating group) is 1. The summed E-state index contributed by atoms with van der Waals surface area (Å²) in [7, 11) is 2.17. The highest BCUT2D eigenvalue weighted by Gasteiger charge is 2.20. The van der Waals surface area contributed by atoms with E-state index in [1.165, 1.54) is 24.0 Å². The Labute approximate surface area is 129 Å². The fraction of sp³-hybridized carbons (Fsp3) is 0.667. The number of hydrogen-bond donors (Lipinski definition) is 1. The van der Waals surface area contributed by atoms with E-state index in [1.807, 2.05) is 0 Å². The minimum Gasteiger partial charge on any atom is -0.380 e. The maximum atomic E-state index is 5.72. The molecular formula is C18H30N2O. The van der Waals surface area contributed by atoms with Crippen LogP contribution in [0.5, 0.6) is 0 Å². The van der Waals surface area contributed by atoms with E-state index >= 15 is 0 Å². The largest absolute Gasteiger partial charge is 0.380 e. The molecule has 1 aliphatic rings. The first-order valence-electron chi connectivity index (χ1n) is 8.21. The van der Waals surface area contributed by atoms with Gasteiger partial charge in [0.2, 0.25) is 0 Å². The summed E-state index contributed by atoms with van der Waals surface area (Å²) in [4.78, 5) is 2.35. The summed E-state index contributed by atoms with van der Waals surface area (Å²) in [5.41, 5.74) is 2.81. The van der Waals surface area contributed by atoms with Gasteiger partial charge in [-0.05, 0) is 36.9 Å². The predicted octanol–water partition coefficient (Wildman–Crippen LogP) is 3.04. The second kappa shape index (κ2) is 8.52. The van der Waals surface area contributed by atoms with Gasteiger partial charge < -0.3 is 10.1 Å². The fourth-order valence-corrected chi connectivity index (χ4v) is 2.32. The molecule has 3 heteroatoms. The van der Waals surface area contributed by atoms with Crippen LogP contribution in [-0.2, 0) is 17.8 Å². The third-order valence-electron chi connectivity index (χ3n) is 3.93. The lowest BCUT2D eigenvalue weighted by Crippen LogP contribution is -2.26. The lowest BCUT2D eigenvalue weighted by atomic mass is 10.1. The molecule has 0 unspecified atom stereocenters. The first kappa shape index (κ1) is 16.5. The molecule has 0 saturated heterocycles. The number of nitrogens with one attached hydrogen (secondary N) is 1. The van der Waals surface area contributed by atoms with Crippen molar-refractivity contribution >= 4 is 0 Å². The monoisotopic (exact) mass is 290 g/mol. The van der Waals surface area contributed by atoms with Gasteiger partial charge in [-0.2, -0.15) is 0 Å². The van der Waals surface area contributed by atoms with Gasteiger partial charge in [-0.3, -0.25) is 4.90 Å². The van der Waals surface area contributed by atoms with Crippen LogP contribution < -0.4 is 5.32 Å². The van der Waals surface area contributed by atoms with Crippen LogP contribution in [0.1, 0.15) is 37.8 Å². The molecule has 3 nitrogen and oxygen atoms in total. The minimum atomic E-state index is 0.520. The normalized spacial score (nSPS) is 15.1. The fourth-order valence-electron chi connectivity index (χ4n) is 2.32. The number of rotatable bonds is 10. The summed E-state index contributed by atoms with van der Waals surface area (Å²) >= 11 is 0. The molecule has 1 fully saturated rings. The topological polar surface area (TPSA) is 24.5 Å². The van der Waals surface area contributed by atoms with Crippen molar-refractivity contribution in [1.82, 2.24) is 10.2 Å². The van der Waals surface area contributed by atoms with Crippen LogP contribution >= 0.6 is 0 Å². The molecule has 21 heavy (non-hydrogen) atoms. The van der Waals surface area contributed by atoms with Crippen molar-refractivity contribution in [2.75, 3.05) is 26.8 Å². The maximum Gasteiger partial charge on any atom is 0.0593 e. The Morgan fingerprint density at radius 1 is 1.24 bits per heavy atom. The zero-order valence-corrected chi connectivity index (χ0v) is 13.8. The SMILES string of the molecule is CC(C)NCc1ccccc1CN(C)CCOCC1CC1. The van der Waals surface area contributed by atoms with Gasteiger partial charge in [0.1, 0.15) is 0 Å². The molecule has 0 heterocycles. The van der Waals surface area contributed by atoms with Crippen molar-refractivity contribution in [3.63, 3.8) is 0 Å². The molecule has 0 aliphatic heterocycles. The number of nitrogens with zero attached hydrogens (tertiary/aromatic N) is 1. The van der Waals surface area contributed by atoms with Gasteiger partial charge in [0.25, 0.3) is 0 Å². The van der Waals surface area contributed by atoms with E-state index in [1.54, 1.807) is 0 Å². The molecule has 1 aliphatic carbocycles. The summed E-state index contributed by atoms with van der Waals surface area (Å²) in [5.74, 6) is 0.859. The molecule has 2 rings (SSSR count). The van der Waals surface area contributed by atoms with Crippen LogP contribution in [0, 0.1) is 5.92 Å². The van der Waals surface area contributed by atoms with Crippen LogP contribution in [-0.4, -0.2) is 37.7 Å². The van der Waals surface area contributed by atoms with Crippen LogP contribution in [0.2, 0.25) is 0 Å². The molecule has 0 bridgehead atoms. The summed E-state index contributed by atoms with van der Waals surface area (Å²) in [6.07, 6.45) is 2.73. The van der Waals surface area contributed by atoms with E-state index in [2.05, 4.69) is 55.4 Å². The predicted molar refractivity (Wildman–Crippen MR) is 88.3 cm³/mol. The third-order valence-corrected chi connectivity index (χ3v) is 3.93. The second-order valence-electron chi connectivity index (χ2n) is 6.56. The van der Waals surface area contributed by atoms with E-state index < -0.39 is 0 Å². The average Bonchev–Trinajstić information content (AvgIpc) is 3.27. The van der Waals surface area contributed by atoms with Gasteiger partial charge in [-0.25, -0.2) is 0 Å². The quantitative estimate of drug-likeness (QED) is 0.670. The van der Waals surface area contributed by atoms with E-state index in [0.29, 0.717) is 6.04 Å². The Kier molecular flexibility index (Phi) is 6.68. The van der Waals surface area contributed by atoms with Crippen molar-refractivity contribution in [1.29, 1.82) is 0 Å². The molecule has 1 saturated carbocycles. The Hall–Kier alpha value is -0.900. The molecule has 0 spiro atoms. The molecule has 1 N–H and O–H groups in total.